The molecule has 1 aliphatic rings. The Kier molecular flexibility index (Phi) is 3.26. The summed E-state index contributed by atoms with van der Waals surface area (Å²) >= 11 is 5.06. The monoisotopic (exact) mass is 313 g/mol. The molecule has 0 amide bonds. The van der Waals surface area contributed by atoms with Crippen molar-refractivity contribution in [3.05, 3.63) is 21.8 Å². The average molecular weight is 314 g/mol. The van der Waals surface area contributed by atoms with Gasteiger partial charge in [0.2, 0.25) is 11.7 Å². The predicted molar refractivity (Wildman–Crippen MR) is 70.2 cm³/mol. The first-order chi connectivity index (χ1) is 8.33. The van der Waals surface area contributed by atoms with Crippen LogP contribution in [0.3, 0.4) is 0 Å². The van der Waals surface area contributed by atoms with Gasteiger partial charge in [0.25, 0.3) is 0 Å². The van der Waals surface area contributed by atoms with Gasteiger partial charge in [-0.25, -0.2) is 0 Å². The summed E-state index contributed by atoms with van der Waals surface area (Å²) in [6.07, 6.45) is 2.16. The first-order valence-corrected chi connectivity index (χ1v) is 7.24. The molecule has 0 aliphatic carbocycles. The maximum Gasteiger partial charge on any atom is 0.230 e. The quantitative estimate of drug-likeness (QED) is 0.926. The van der Waals surface area contributed by atoms with E-state index in [1.165, 1.54) is 0 Å². The molecule has 0 spiro atoms. The molecule has 1 fully saturated rings. The van der Waals surface area contributed by atoms with Crippen molar-refractivity contribution < 1.29 is 4.52 Å². The lowest BCUT2D eigenvalue weighted by molar-refractivity contribution is 0.320. The molecule has 3 heterocycles. The van der Waals surface area contributed by atoms with Gasteiger partial charge >= 0.3 is 0 Å². The van der Waals surface area contributed by atoms with Crippen LogP contribution in [0.5, 0.6) is 0 Å². The fourth-order valence-electron chi connectivity index (χ4n) is 2.00. The van der Waals surface area contributed by atoms with Gasteiger partial charge in [0, 0.05) is 5.92 Å². The zero-order chi connectivity index (χ0) is 11.7. The second-order valence-corrected chi connectivity index (χ2v) is 6.55. The Bertz CT molecular complexity index is 504. The van der Waals surface area contributed by atoms with Crippen LogP contribution in [0.2, 0.25) is 0 Å². The van der Waals surface area contributed by atoms with Crippen molar-refractivity contribution in [1.82, 2.24) is 15.5 Å². The van der Waals surface area contributed by atoms with Crippen LogP contribution < -0.4 is 5.32 Å². The molecule has 6 heteroatoms. The summed E-state index contributed by atoms with van der Waals surface area (Å²) in [6.45, 7) is 2.07. The number of hydrogen-bond donors (Lipinski definition) is 1. The highest BCUT2D eigenvalue weighted by Gasteiger charge is 2.21. The molecular formula is C11H12BrN3OS. The summed E-state index contributed by atoms with van der Waals surface area (Å²) in [5, 5.41) is 7.39. The van der Waals surface area contributed by atoms with E-state index in [1.807, 2.05) is 12.1 Å². The van der Waals surface area contributed by atoms with E-state index in [-0.39, 0.29) is 0 Å². The molecule has 2 aromatic rings. The molecule has 0 bridgehead atoms. The lowest BCUT2D eigenvalue weighted by atomic mass is 9.98. The number of hydrogen-bond acceptors (Lipinski definition) is 5. The lowest BCUT2D eigenvalue weighted by Gasteiger charge is -2.18. The molecule has 0 atom stereocenters. The van der Waals surface area contributed by atoms with Gasteiger partial charge in [-0.1, -0.05) is 5.16 Å². The third-order valence-corrected chi connectivity index (χ3v) is 4.54. The van der Waals surface area contributed by atoms with E-state index in [0.717, 1.165) is 40.5 Å². The lowest BCUT2D eigenvalue weighted by Crippen LogP contribution is -2.26. The largest absolute Gasteiger partial charge is 0.339 e. The van der Waals surface area contributed by atoms with Gasteiger partial charge in [0.15, 0.2) is 0 Å². The predicted octanol–water partition coefficient (Wildman–Crippen LogP) is 3.03. The highest BCUT2D eigenvalue weighted by atomic mass is 79.9. The Morgan fingerprint density at radius 2 is 2.18 bits per heavy atom. The van der Waals surface area contributed by atoms with E-state index >= 15 is 0 Å². The van der Waals surface area contributed by atoms with Crippen molar-refractivity contribution >= 4 is 27.3 Å². The van der Waals surface area contributed by atoms with Crippen LogP contribution in [0.15, 0.2) is 20.4 Å². The molecule has 1 saturated heterocycles. The summed E-state index contributed by atoms with van der Waals surface area (Å²) in [5.41, 5.74) is 0. The number of nitrogens with one attached hydrogen (secondary N) is 1. The number of nitrogens with zero attached hydrogens (tertiary/aromatic N) is 2. The Balaban J connectivity index is 1.82. The second kappa shape index (κ2) is 4.88. The first kappa shape index (κ1) is 11.4. The number of aromatic nitrogens is 2. The van der Waals surface area contributed by atoms with Crippen molar-refractivity contribution in [1.29, 1.82) is 0 Å². The smallest absolute Gasteiger partial charge is 0.230 e. The van der Waals surface area contributed by atoms with Gasteiger partial charge in [-0.2, -0.15) is 4.98 Å². The second-order valence-electron chi connectivity index (χ2n) is 4.08. The molecule has 4 nitrogen and oxygen atoms in total. The minimum Gasteiger partial charge on any atom is -0.339 e. The molecule has 0 unspecified atom stereocenters. The van der Waals surface area contributed by atoms with Gasteiger partial charge in [-0.15, -0.1) is 11.3 Å². The fraction of sp³-hybridized carbons (Fsp3) is 0.455. The van der Waals surface area contributed by atoms with E-state index < -0.39 is 0 Å². The first-order valence-electron chi connectivity index (χ1n) is 5.63. The van der Waals surface area contributed by atoms with Crippen molar-refractivity contribution in [3.8, 4) is 10.7 Å². The zero-order valence-corrected chi connectivity index (χ0v) is 11.6. The molecule has 17 heavy (non-hydrogen) atoms. The maximum atomic E-state index is 5.37. The molecule has 0 saturated carbocycles. The van der Waals surface area contributed by atoms with Gasteiger partial charge in [-0.3, -0.25) is 0 Å². The summed E-state index contributed by atoms with van der Waals surface area (Å²) < 4.78 is 6.45. The highest BCUT2D eigenvalue weighted by Crippen LogP contribution is 2.31. The van der Waals surface area contributed by atoms with Crippen LogP contribution in [0.4, 0.5) is 0 Å². The highest BCUT2D eigenvalue weighted by molar-refractivity contribution is 9.11. The molecule has 0 radical (unpaired) electrons. The normalized spacial score (nSPS) is 17.5. The third-order valence-electron chi connectivity index (χ3n) is 2.92. The number of halogens is 1. The fourth-order valence-corrected chi connectivity index (χ4v) is 3.32. The van der Waals surface area contributed by atoms with E-state index in [0.29, 0.717) is 11.7 Å². The van der Waals surface area contributed by atoms with Crippen molar-refractivity contribution in [3.63, 3.8) is 0 Å². The standard InChI is InChI=1S/C11H12BrN3OS/c12-9-2-1-8(17-9)10-14-11(16-15-10)7-3-5-13-6-4-7/h1-2,7,13H,3-6H2. The average Bonchev–Trinajstić information content (AvgIpc) is 2.98. The summed E-state index contributed by atoms with van der Waals surface area (Å²) in [5.74, 6) is 1.90. The van der Waals surface area contributed by atoms with Gasteiger partial charge in [0.05, 0.1) is 8.66 Å². The molecule has 3 rings (SSSR count). The number of piperidine rings is 1. The van der Waals surface area contributed by atoms with Crippen molar-refractivity contribution in [2.24, 2.45) is 0 Å². The van der Waals surface area contributed by atoms with E-state index in [9.17, 15) is 0 Å². The summed E-state index contributed by atoms with van der Waals surface area (Å²) in [4.78, 5) is 5.54. The minimum atomic E-state index is 0.418. The Labute approximate surface area is 112 Å². The van der Waals surface area contributed by atoms with E-state index in [2.05, 4.69) is 31.4 Å². The maximum absolute atomic E-state index is 5.37. The molecule has 2 aromatic heterocycles. The Hall–Kier alpha value is -0.720. The van der Waals surface area contributed by atoms with E-state index in [1.54, 1.807) is 11.3 Å². The van der Waals surface area contributed by atoms with Crippen LogP contribution in [0, 0.1) is 0 Å². The van der Waals surface area contributed by atoms with Crippen LogP contribution in [0.1, 0.15) is 24.7 Å². The van der Waals surface area contributed by atoms with Crippen molar-refractivity contribution in [2.45, 2.75) is 18.8 Å². The number of rotatable bonds is 2. The van der Waals surface area contributed by atoms with Gasteiger partial charge < -0.3 is 9.84 Å². The molecular weight excluding hydrogens is 302 g/mol. The van der Waals surface area contributed by atoms with Crippen LogP contribution in [0.25, 0.3) is 10.7 Å². The summed E-state index contributed by atoms with van der Waals surface area (Å²) in [6, 6.07) is 4.01. The minimum absolute atomic E-state index is 0.418. The molecule has 90 valence electrons. The SMILES string of the molecule is Brc1ccc(-c2noc(C3CCNCC3)n2)s1. The summed E-state index contributed by atoms with van der Waals surface area (Å²) in [7, 11) is 0. The van der Waals surface area contributed by atoms with Gasteiger partial charge in [0.1, 0.15) is 0 Å². The third kappa shape index (κ3) is 2.43. The van der Waals surface area contributed by atoms with Crippen LogP contribution >= 0.6 is 27.3 Å². The zero-order valence-electron chi connectivity index (χ0n) is 9.15. The molecule has 1 N–H and O–H groups in total. The molecule has 1 aliphatic heterocycles. The van der Waals surface area contributed by atoms with Crippen molar-refractivity contribution in [2.75, 3.05) is 13.1 Å². The van der Waals surface area contributed by atoms with Gasteiger partial charge in [-0.05, 0) is 54.0 Å². The van der Waals surface area contributed by atoms with Crippen LogP contribution in [-0.4, -0.2) is 23.2 Å². The number of thiophene rings is 1. The van der Waals surface area contributed by atoms with Crippen LogP contribution in [-0.2, 0) is 0 Å². The Morgan fingerprint density at radius 3 is 2.88 bits per heavy atom. The molecule has 0 aromatic carbocycles. The van der Waals surface area contributed by atoms with E-state index in [4.69, 9.17) is 4.52 Å². The Morgan fingerprint density at radius 1 is 1.35 bits per heavy atom. The topological polar surface area (TPSA) is 51.0 Å².